The van der Waals surface area contributed by atoms with Gasteiger partial charge in [-0.15, -0.1) is 0 Å². The molecular formula is C19H40N2S. The van der Waals surface area contributed by atoms with Gasteiger partial charge in [0.2, 0.25) is 0 Å². The predicted octanol–water partition coefficient (Wildman–Crippen LogP) is 6.41. The maximum Gasteiger partial charge on any atom is 0.156 e. The van der Waals surface area contributed by atoms with Gasteiger partial charge in [0.15, 0.2) is 5.17 Å². The maximum atomic E-state index is 4.18. The van der Waals surface area contributed by atoms with Crippen LogP contribution in [0.5, 0.6) is 0 Å². The van der Waals surface area contributed by atoms with Gasteiger partial charge in [-0.2, -0.15) is 0 Å². The molecule has 132 valence electrons. The largest absolute Gasteiger partial charge is 0.368 e. The van der Waals surface area contributed by atoms with Gasteiger partial charge in [0.25, 0.3) is 0 Å². The summed E-state index contributed by atoms with van der Waals surface area (Å²) in [5, 5.41) is 4.18. The minimum Gasteiger partial charge on any atom is -0.368 e. The number of amidine groups is 1. The summed E-state index contributed by atoms with van der Waals surface area (Å²) in [7, 11) is 3.80. The van der Waals surface area contributed by atoms with Gasteiger partial charge < -0.3 is 5.32 Å². The molecule has 2 nitrogen and oxygen atoms in total. The lowest BCUT2D eigenvalue weighted by Crippen LogP contribution is -2.14. The van der Waals surface area contributed by atoms with Crippen LogP contribution in [0.1, 0.15) is 96.8 Å². The Morgan fingerprint density at radius 2 is 1.14 bits per heavy atom. The third-order valence-electron chi connectivity index (χ3n) is 4.15. The van der Waals surface area contributed by atoms with Gasteiger partial charge in [-0.05, 0) is 6.42 Å². The topological polar surface area (TPSA) is 24.4 Å². The average molecular weight is 329 g/mol. The molecule has 0 saturated heterocycles. The summed E-state index contributed by atoms with van der Waals surface area (Å²) >= 11 is 1.84. The van der Waals surface area contributed by atoms with Crippen molar-refractivity contribution >= 4 is 16.9 Å². The Morgan fingerprint density at radius 1 is 0.727 bits per heavy atom. The zero-order valence-corrected chi connectivity index (χ0v) is 16.3. The third-order valence-corrected chi connectivity index (χ3v) is 5.31. The molecule has 0 heterocycles. The van der Waals surface area contributed by atoms with Gasteiger partial charge in [-0.1, -0.05) is 102 Å². The second-order valence-corrected chi connectivity index (χ2v) is 7.31. The van der Waals surface area contributed by atoms with E-state index in [-0.39, 0.29) is 0 Å². The highest BCUT2D eigenvalue weighted by molar-refractivity contribution is 8.13. The maximum absolute atomic E-state index is 4.18. The van der Waals surface area contributed by atoms with Crippen LogP contribution in [0.4, 0.5) is 0 Å². The summed E-state index contributed by atoms with van der Waals surface area (Å²) in [6.45, 7) is 2.29. The van der Waals surface area contributed by atoms with E-state index < -0.39 is 0 Å². The SMILES string of the molecule is CCCCCCCCCCCCCCCCSC(=NC)NC. The Labute approximate surface area is 144 Å². The van der Waals surface area contributed by atoms with Crippen LogP contribution in [0.3, 0.4) is 0 Å². The van der Waals surface area contributed by atoms with Crippen molar-refractivity contribution in [3.8, 4) is 0 Å². The molecule has 1 N–H and O–H groups in total. The molecule has 0 aliphatic heterocycles. The molecule has 0 aromatic carbocycles. The van der Waals surface area contributed by atoms with E-state index in [1.54, 1.807) is 0 Å². The summed E-state index contributed by atoms with van der Waals surface area (Å²) < 4.78 is 0. The Morgan fingerprint density at radius 3 is 1.50 bits per heavy atom. The highest BCUT2D eigenvalue weighted by Gasteiger charge is 1.96. The molecule has 0 radical (unpaired) electrons. The fourth-order valence-electron chi connectivity index (χ4n) is 2.71. The number of unbranched alkanes of at least 4 members (excludes halogenated alkanes) is 13. The average Bonchev–Trinajstić information content (AvgIpc) is 2.55. The van der Waals surface area contributed by atoms with E-state index in [1.807, 2.05) is 25.9 Å². The van der Waals surface area contributed by atoms with Gasteiger partial charge >= 0.3 is 0 Å². The molecule has 0 amide bonds. The molecule has 0 rings (SSSR count). The van der Waals surface area contributed by atoms with Gasteiger partial charge in [0.05, 0.1) is 0 Å². The minimum atomic E-state index is 1.06. The molecule has 0 spiro atoms. The number of rotatable bonds is 15. The van der Waals surface area contributed by atoms with Crippen LogP contribution in [0.2, 0.25) is 0 Å². The molecule has 0 fully saturated rings. The zero-order valence-electron chi connectivity index (χ0n) is 15.5. The van der Waals surface area contributed by atoms with Crippen LogP contribution in [-0.2, 0) is 0 Å². The van der Waals surface area contributed by atoms with Gasteiger partial charge in [-0.25, -0.2) is 0 Å². The number of thioether (sulfide) groups is 1. The third kappa shape index (κ3) is 16.2. The zero-order chi connectivity index (χ0) is 16.3. The first-order valence-electron chi connectivity index (χ1n) is 9.62. The van der Waals surface area contributed by atoms with Gasteiger partial charge in [0, 0.05) is 19.8 Å². The number of nitrogens with zero attached hydrogens (tertiary/aromatic N) is 1. The molecule has 0 atom stereocenters. The Kier molecular flexibility index (Phi) is 18.7. The van der Waals surface area contributed by atoms with E-state index in [0.717, 1.165) is 5.17 Å². The number of hydrogen-bond acceptors (Lipinski definition) is 2. The molecule has 0 unspecified atom stereocenters. The van der Waals surface area contributed by atoms with Crippen molar-refractivity contribution in [2.75, 3.05) is 19.8 Å². The van der Waals surface area contributed by atoms with E-state index in [1.165, 1.54) is 95.6 Å². The van der Waals surface area contributed by atoms with Gasteiger partial charge in [0.1, 0.15) is 0 Å². The lowest BCUT2D eigenvalue weighted by molar-refractivity contribution is 0.538. The Bertz CT molecular complexity index is 242. The second kappa shape index (κ2) is 18.9. The molecule has 0 bridgehead atoms. The highest BCUT2D eigenvalue weighted by atomic mass is 32.2. The van der Waals surface area contributed by atoms with Crippen molar-refractivity contribution in [2.24, 2.45) is 4.99 Å². The van der Waals surface area contributed by atoms with Crippen molar-refractivity contribution in [3.05, 3.63) is 0 Å². The van der Waals surface area contributed by atoms with Crippen LogP contribution in [0.25, 0.3) is 0 Å². The lowest BCUT2D eigenvalue weighted by Gasteiger charge is -2.04. The second-order valence-electron chi connectivity index (χ2n) is 6.22. The number of hydrogen-bond donors (Lipinski definition) is 1. The smallest absolute Gasteiger partial charge is 0.156 e. The van der Waals surface area contributed by atoms with Crippen molar-refractivity contribution in [2.45, 2.75) is 96.8 Å². The monoisotopic (exact) mass is 328 g/mol. The first kappa shape index (κ1) is 21.8. The van der Waals surface area contributed by atoms with Crippen molar-refractivity contribution in [1.29, 1.82) is 0 Å². The molecule has 0 aliphatic rings. The molecule has 0 saturated carbocycles. The van der Waals surface area contributed by atoms with E-state index in [2.05, 4.69) is 17.2 Å². The fraction of sp³-hybridized carbons (Fsp3) is 0.947. The van der Waals surface area contributed by atoms with Crippen LogP contribution in [0, 0.1) is 0 Å². The predicted molar refractivity (Wildman–Crippen MR) is 105 cm³/mol. The van der Waals surface area contributed by atoms with Gasteiger partial charge in [-0.3, -0.25) is 4.99 Å². The summed E-state index contributed by atoms with van der Waals surface area (Å²) in [6.07, 6.45) is 20.0. The van der Waals surface area contributed by atoms with E-state index in [9.17, 15) is 0 Å². The van der Waals surface area contributed by atoms with Crippen LogP contribution in [-0.4, -0.2) is 25.0 Å². The lowest BCUT2D eigenvalue weighted by atomic mass is 10.0. The molecule has 0 aliphatic carbocycles. The summed E-state index contributed by atoms with van der Waals surface area (Å²) in [5.41, 5.74) is 0. The first-order chi connectivity index (χ1) is 10.8. The van der Waals surface area contributed by atoms with E-state index >= 15 is 0 Å². The molecular weight excluding hydrogens is 288 g/mol. The Hall–Kier alpha value is -0.180. The molecule has 0 aromatic rings. The van der Waals surface area contributed by atoms with Crippen molar-refractivity contribution in [3.63, 3.8) is 0 Å². The fourth-order valence-corrected chi connectivity index (χ4v) is 3.53. The van der Waals surface area contributed by atoms with Crippen LogP contribution in [0.15, 0.2) is 4.99 Å². The summed E-state index contributed by atoms with van der Waals surface area (Å²) in [5.74, 6) is 1.20. The van der Waals surface area contributed by atoms with Crippen LogP contribution >= 0.6 is 11.8 Å². The van der Waals surface area contributed by atoms with E-state index in [4.69, 9.17) is 0 Å². The first-order valence-corrected chi connectivity index (χ1v) is 10.6. The minimum absolute atomic E-state index is 1.06. The standard InChI is InChI=1S/C19H40N2S/c1-4-5-6-7-8-9-10-11-12-13-14-15-16-17-18-22-19(20-2)21-3/h4-18H2,1-3H3,(H,20,21). The molecule has 0 aromatic heterocycles. The quantitative estimate of drug-likeness (QED) is 0.213. The van der Waals surface area contributed by atoms with Crippen molar-refractivity contribution < 1.29 is 0 Å². The summed E-state index contributed by atoms with van der Waals surface area (Å²) in [6, 6.07) is 0. The van der Waals surface area contributed by atoms with Crippen LogP contribution < -0.4 is 5.32 Å². The summed E-state index contributed by atoms with van der Waals surface area (Å²) in [4.78, 5) is 4.18. The normalized spacial score (nSPS) is 11.9. The number of aliphatic imine (C=N–C) groups is 1. The van der Waals surface area contributed by atoms with E-state index in [0.29, 0.717) is 0 Å². The number of nitrogens with one attached hydrogen (secondary N) is 1. The molecule has 22 heavy (non-hydrogen) atoms. The molecule has 3 heteroatoms. The highest BCUT2D eigenvalue weighted by Crippen LogP contribution is 2.14. The van der Waals surface area contributed by atoms with Crippen molar-refractivity contribution in [1.82, 2.24) is 5.32 Å². The Balaban J connectivity index is 3.05.